The number of nitrogens with zero attached hydrogens (tertiary/aromatic N) is 3. The van der Waals surface area contributed by atoms with Gasteiger partial charge >= 0.3 is 6.18 Å². The van der Waals surface area contributed by atoms with Crippen molar-refractivity contribution in [3.8, 4) is 11.1 Å². The molecular weight excluding hydrogens is 459 g/mol. The molecule has 3 N–H and O–H groups in total. The second kappa shape index (κ2) is 8.82. The molecule has 4 rings (SSSR count). The highest BCUT2D eigenvalue weighted by molar-refractivity contribution is 5.90. The van der Waals surface area contributed by atoms with Crippen molar-refractivity contribution in [1.29, 1.82) is 0 Å². The van der Waals surface area contributed by atoms with Gasteiger partial charge in [-0.3, -0.25) is 4.79 Å². The Kier molecular flexibility index (Phi) is 6.05. The fourth-order valence-corrected chi connectivity index (χ4v) is 3.75. The molecule has 0 aliphatic rings. The average Bonchev–Trinajstić information content (AvgIpc) is 3.16. The number of nitrogen functional groups attached to an aromatic ring is 1. The summed E-state index contributed by atoms with van der Waals surface area (Å²) in [7, 11) is 0. The van der Waals surface area contributed by atoms with Gasteiger partial charge in [0.25, 0.3) is 0 Å². The Labute approximate surface area is 189 Å². The van der Waals surface area contributed by atoms with E-state index < -0.39 is 47.6 Å². The van der Waals surface area contributed by atoms with Gasteiger partial charge in [-0.05, 0) is 41.0 Å². The Morgan fingerprint density at radius 3 is 2.41 bits per heavy atom. The lowest BCUT2D eigenvalue weighted by molar-refractivity contribution is -0.137. The zero-order valence-corrected chi connectivity index (χ0v) is 17.4. The van der Waals surface area contributed by atoms with Gasteiger partial charge in [0.05, 0.1) is 12.2 Å². The smallest absolute Gasteiger partial charge is 0.392 e. The molecule has 2 heterocycles. The molecule has 6 nitrogen and oxygen atoms in total. The number of hydrogen-bond acceptors (Lipinski definition) is 5. The van der Waals surface area contributed by atoms with Crippen molar-refractivity contribution >= 4 is 17.1 Å². The van der Waals surface area contributed by atoms with Gasteiger partial charge < -0.3 is 10.8 Å². The second-order valence-corrected chi connectivity index (χ2v) is 7.63. The number of hydrogen-bond donors (Lipinski definition) is 2. The fourth-order valence-electron chi connectivity index (χ4n) is 3.75. The highest BCUT2D eigenvalue weighted by Gasteiger charge is 2.31. The largest absolute Gasteiger partial charge is 0.416 e. The predicted molar refractivity (Wildman–Crippen MR) is 113 cm³/mol. The van der Waals surface area contributed by atoms with Gasteiger partial charge in [0.1, 0.15) is 29.3 Å². The number of halogens is 5. The van der Waals surface area contributed by atoms with Crippen LogP contribution in [0.25, 0.3) is 16.6 Å². The monoisotopic (exact) mass is 476 g/mol. The molecule has 4 aromatic rings. The van der Waals surface area contributed by atoms with E-state index in [2.05, 4.69) is 10.1 Å². The first-order chi connectivity index (χ1) is 16.1. The number of Topliss-reactive ketones (excluding diaryl/α,β-unsaturated/α-hetero) is 1. The van der Waals surface area contributed by atoms with Gasteiger partial charge in [0.15, 0.2) is 5.82 Å². The van der Waals surface area contributed by atoms with Crippen LogP contribution in [0.1, 0.15) is 22.3 Å². The standard InChI is InChI=1S/C23H17F5N4O2/c24-18-4-3-16(23(26,27)28)5-14(18)7-17(34)6-12-1-2-13(8-19(12)25)20-15(10-33)9-32-21(20)22(29)30-11-31-32/h1-5,8-9,11,33H,6-7,10H2,(H2,29,30,31). The third-order valence-corrected chi connectivity index (χ3v) is 5.34. The van der Waals surface area contributed by atoms with E-state index in [4.69, 9.17) is 5.73 Å². The molecule has 0 bridgehead atoms. The summed E-state index contributed by atoms with van der Waals surface area (Å²) in [4.78, 5) is 16.3. The van der Waals surface area contributed by atoms with Crippen molar-refractivity contribution in [2.75, 3.05) is 5.73 Å². The minimum atomic E-state index is -4.68. The number of alkyl halides is 3. The number of carbonyl (C=O) groups is 1. The van der Waals surface area contributed by atoms with E-state index in [1.54, 1.807) is 0 Å². The van der Waals surface area contributed by atoms with Crippen LogP contribution in [0, 0.1) is 11.6 Å². The number of aliphatic hydroxyl groups is 1. The second-order valence-electron chi connectivity index (χ2n) is 7.63. The Bertz CT molecular complexity index is 1400. The van der Waals surface area contributed by atoms with Crippen LogP contribution in [0.15, 0.2) is 48.9 Å². The van der Waals surface area contributed by atoms with Gasteiger partial charge in [-0.1, -0.05) is 12.1 Å². The van der Waals surface area contributed by atoms with Gasteiger partial charge in [0, 0.05) is 30.2 Å². The van der Waals surface area contributed by atoms with Crippen LogP contribution in [-0.4, -0.2) is 25.5 Å². The van der Waals surface area contributed by atoms with Crippen LogP contribution in [-0.2, 0) is 30.4 Å². The number of ketones is 1. The first kappa shape index (κ1) is 23.3. The minimum absolute atomic E-state index is 0.0144. The Hall–Kier alpha value is -3.86. The number of aliphatic hydroxyl groups excluding tert-OH is 1. The number of fused-ring (bicyclic) bond motifs is 1. The zero-order chi connectivity index (χ0) is 24.6. The minimum Gasteiger partial charge on any atom is -0.392 e. The third kappa shape index (κ3) is 4.46. The molecule has 0 atom stereocenters. The van der Waals surface area contributed by atoms with E-state index in [1.165, 1.54) is 29.2 Å². The van der Waals surface area contributed by atoms with Crippen LogP contribution in [0.2, 0.25) is 0 Å². The van der Waals surface area contributed by atoms with E-state index in [0.717, 1.165) is 6.07 Å². The molecule has 0 aliphatic heterocycles. The Morgan fingerprint density at radius 1 is 1.00 bits per heavy atom. The maximum absolute atomic E-state index is 14.9. The van der Waals surface area contributed by atoms with Crippen LogP contribution < -0.4 is 5.73 Å². The van der Waals surface area contributed by atoms with Crippen molar-refractivity contribution in [1.82, 2.24) is 14.6 Å². The molecule has 2 aromatic carbocycles. The molecule has 0 fully saturated rings. The van der Waals surface area contributed by atoms with Crippen molar-refractivity contribution < 1.29 is 31.9 Å². The summed E-state index contributed by atoms with van der Waals surface area (Å²) < 4.78 is 68.9. The van der Waals surface area contributed by atoms with E-state index >= 15 is 0 Å². The molecule has 0 spiro atoms. The Balaban J connectivity index is 1.60. The van der Waals surface area contributed by atoms with Gasteiger partial charge in [0.2, 0.25) is 0 Å². The summed E-state index contributed by atoms with van der Waals surface area (Å²) in [5.74, 6) is -2.25. The summed E-state index contributed by atoms with van der Waals surface area (Å²) >= 11 is 0. The molecule has 0 saturated carbocycles. The summed E-state index contributed by atoms with van der Waals surface area (Å²) in [6.45, 7) is -0.372. The van der Waals surface area contributed by atoms with Crippen LogP contribution >= 0.6 is 0 Å². The van der Waals surface area contributed by atoms with E-state index in [-0.39, 0.29) is 18.0 Å². The molecule has 11 heteroatoms. The molecule has 0 amide bonds. The first-order valence-corrected chi connectivity index (χ1v) is 9.96. The van der Waals surface area contributed by atoms with Gasteiger partial charge in [-0.15, -0.1) is 0 Å². The average molecular weight is 476 g/mol. The van der Waals surface area contributed by atoms with Crippen LogP contribution in [0.4, 0.5) is 27.8 Å². The van der Waals surface area contributed by atoms with E-state index in [0.29, 0.717) is 40.4 Å². The maximum Gasteiger partial charge on any atom is 0.416 e. The number of nitrogens with two attached hydrogens (primary N) is 1. The molecule has 34 heavy (non-hydrogen) atoms. The molecule has 2 aromatic heterocycles. The summed E-state index contributed by atoms with van der Waals surface area (Å²) in [5, 5.41) is 13.7. The van der Waals surface area contributed by atoms with E-state index in [9.17, 15) is 31.9 Å². The predicted octanol–water partition coefficient (Wildman–Crippen LogP) is 4.12. The van der Waals surface area contributed by atoms with Crippen LogP contribution in [0.3, 0.4) is 0 Å². The first-order valence-electron chi connectivity index (χ1n) is 9.96. The lowest BCUT2D eigenvalue weighted by Gasteiger charge is -2.10. The van der Waals surface area contributed by atoms with Crippen molar-refractivity contribution in [3.05, 3.63) is 82.8 Å². The molecular formula is C23H17F5N4O2. The molecule has 0 unspecified atom stereocenters. The number of rotatable bonds is 6. The van der Waals surface area contributed by atoms with Crippen LogP contribution in [0.5, 0.6) is 0 Å². The maximum atomic E-state index is 14.9. The van der Waals surface area contributed by atoms with Gasteiger partial charge in [-0.25, -0.2) is 18.3 Å². The van der Waals surface area contributed by atoms with Crippen molar-refractivity contribution in [2.45, 2.75) is 25.6 Å². The summed E-state index contributed by atoms with van der Waals surface area (Å²) in [5.41, 5.74) is 5.99. The molecule has 0 saturated heterocycles. The van der Waals surface area contributed by atoms with Crippen molar-refractivity contribution in [2.24, 2.45) is 0 Å². The van der Waals surface area contributed by atoms with E-state index in [1.807, 2.05) is 0 Å². The molecule has 0 aliphatic carbocycles. The zero-order valence-electron chi connectivity index (χ0n) is 17.4. The van der Waals surface area contributed by atoms with Gasteiger partial charge in [-0.2, -0.15) is 18.3 Å². The number of aromatic nitrogens is 3. The topological polar surface area (TPSA) is 93.5 Å². The summed E-state index contributed by atoms with van der Waals surface area (Å²) in [6.07, 6.45) is -2.99. The number of benzene rings is 2. The highest BCUT2D eigenvalue weighted by atomic mass is 19.4. The lowest BCUT2D eigenvalue weighted by atomic mass is 9.97. The summed E-state index contributed by atoms with van der Waals surface area (Å²) in [6, 6.07) is 5.82. The highest BCUT2D eigenvalue weighted by Crippen LogP contribution is 2.34. The normalized spacial score (nSPS) is 11.8. The third-order valence-electron chi connectivity index (χ3n) is 5.34. The molecule has 176 valence electrons. The Morgan fingerprint density at radius 2 is 1.74 bits per heavy atom. The number of carbonyl (C=O) groups excluding carboxylic acids is 1. The quantitative estimate of drug-likeness (QED) is 0.409. The SMILES string of the molecule is Nc1ncnn2cc(CO)c(-c3ccc(CC(=O)Cc4cc(C(F)(F)F)ccc4F)c(F)c3)c12. The van der Waals surface area contributed by atoms with Crippen molar-refractivity contribution in [3.63, 3.8) is 0 Å². The molecule has 0 radical (unpaired) electrons. The fraction of sp³-hybridized carbons (Fsp3) is 0.174. The lowest BCUT2D eigenvalue weighted by Crippen LogP contribution is -2.11. The number of anilines is 1.